The topological polar surface area (TPSA) is 26.0 Å². The minimum absolute atomic E-state index is 0.465. The fourth-order valence-corrected chi connectivity index (χ4v) is 2.10. The molecule has 0 amide bonds. The van der Waals surface area contributed by atoms with Crippen molar-refractivity contribution in [3.05, 3.63) is 0 Å². The summed E-state index contributed by atoms with van der Waals surface area (Å²) in [6, 6.07) is 0.465. The maximum absolute atomic E-state index is 5.77. The highest BCUT2D eigenvalue weighted by Gasteiger charge is 2.58. The van der Waals surface area contributed by atoms with Gasteiger partial charge >= 0.3 is 0 Å². The Balaban J connectivity index is 2.04. The highest BCUT2D eigenvalue weighted by atomic mass is 14.8. The van der Waals surface area contributed by atoms with Gasteiger partial charge in [0, 0.05) is 6.04 Å². The van der Waals surface area contributed by atoms with Crippen molar-refractivity contribution in [2.75, 3.05) is 0 Å². The van der Waals surface area contributed by atoms with Crippen molar-refractivity contribution in [3.8, 4) is 0 Å². The molecule has 0 aromatic rings. The van der Waals surface area contributed by atoms with Gasteiger partial charge in [-0.2, -0.15) is 0 Å². The minimum Gasteiger partial charge on any atom is -0.327 e. The zero-order valence-electron chi connectivity index (χ0n) is 5.35. The molecule has 2 N–H and O–H groups in total. The third-order valence-electron chi connectivity index (χ3n) is 3.05. The molecule has 3 saturated carbocycles. The van der Waals surface area contributed by atoms with Crippen LogP contribution in [0.5, 0.6) is 0 Å². The summed E-state index contributed by atoms with van der Waals surface area (Å²) in [6.07, 6.45) is 4.31. The summed E-state index contributed by atoms with van der Waals surface area (Å²) >= 11 is 0. The van der Waals surface area contributed by atoms with Gasteiger partial charge in [0.25, 0.3) is 0 Å². The van der Waals surface area contributed by atoms with Crippen molar-refractivity contribution in [3.63, 3.8) is 0 Å². The average Bonchev–Trinajstić information content (AvgIpc) is 1.16. The van der Waals surface area contributed by atoms with Crippen LogP contribution in [0.1, 0.15) is 26.2 Å². The average molecular weight is 111 g/mol. The Morgan fingerprint density at radius 1 is 1.50 bits per heavy atom. The molecule has 8 heavy (non-hydrogen) atoms. The maximum Gasteiger partial charge on any atom is 0.00673 e. The Kier molecular flexibility index (Phi) is 0.663. The van der Waals surface area contributed by atoms with Crippen LogP contribution in [0.2, 0.25) is 0 Å². The Bertz CT molecular complexity index is 101. The normalized spacial score (nSPS) is 54.0. The molecule has 0 spiro atoms. The van der Waals surface area contributed by atoms with Crippen LogP contribution in [0.25, 0.3) is 0 Å². The Labute approximate surface area is 50.3 Å². The van der Waals surface area contributed by atoms with E-state index in [4.69, 9.17) is 5.73 Å². The van der Waals surface area contributed by atoms with E-state index in [1.54, 1.807) is 0 Å². The molecule has 3 aliphatic carbocycles. The third kappa shape index (κ3) is 0.334. The van der Waals surface area contributed by atoms with Crippen molar-refractivity contribution in [2.24, 2.45) is 17.1 Å². The van der Waals surface area contributed by atoms with Gasteiger partial charge in [-0.1, -0.05) is 0 Å². The Hall–Kier alpha value is -0.0400. The lowest BCUT2D eigenvalue weighted by molar-refractivity contribution is -0.120. The van der Waals surface area contributed by atoms with E-state index in [1.807, 2.05) is 0 Å². The van der Waals surface area contributed by atoms with Gasteiger partial charge in [0.2, 0.25) is 0 Å². The van der Waals surface area contributed by atoms with Gasteiger partial charge in [0.05, 0.1) is 0 Å². The third-order valence-corrected chi connectivity index (χ3v) is 3.05. The maximum atomic E-state index is 5.77. The zero-order chi connectivity index (χ0) is 5.78. The minimum atomic E-state index is 0.465. The highest BCUT2D eigenvalue weighted by Crippen LogP contribution is 2.65. The van der Waals surface area contributed by atoms with Gasteiger partial charge in [0.1, 0.15) is 0 Å². The molecular weight excluding hydrogens is 98.1 g/mol. The van der Waals surface area contributed by atoms with E-state index in [0.717, 1.165) is 5.92 Å². The predicted octanol–water partition coefficient (Wildman–Crippen LogP) is 1.13. The lowest BCUT2D eigenvalue weighted by Crippen LogP contribution is -2.60. The SMILES string of the molecule is CC(N)C12CC(C1)C2. The van der Waals surface area contributed by atoms with Crippen LogP contribution < -0.4 is 5.73 Å². The molecule has 2 bridgehead atoms. The zero-order valence-corrected chi connectivity index (χ0v) is 5.35. The van der Waals surface area contributed by atoms with E-state index in [2.05, 4.69) is 6.92 Å². The Morgan fingerprint density at radius 3 is 2.00 bits per heavy atom. The summed E-state index contributed by atoms with van der Waals surface area (Å²) in [7, 11) is 0. The molecule has 3 fully saturated rings. The van der Waals surface area contributed by atoms with E-state index in [1.165, 1.54) is 19.3 Å². The van der Waals surface area contributed by atoms with Gasteiger partial charge in [-0.25, -0.2) is 0 Å². The standard InChI is InChI=1S/C7H13N/c1-5(8)7-2-6(3-7)4-7/h5-6H,2-4,8H2,1H3. The molecule has 1 nitrogen and oxygen atoms in total. The molecule has 0 radical (unpaired) electrons. The summed E-state index contributed by atoms with van der Waals surface area (Å²) in [4.78, 5) is 0. The van der Waals surface area contributed by atoms with Crippen LogP contribution in [0.15, 0.2) is 0 Å². The molecule has 0 aliphatic heterocycles. The van der Waals surface area contributed by atoms with Crippen LogP contribution in [-0.2, 0) is 0 Å². The summed E-state index contributed by atoms with van der Waals surface area (Å²) in [6.45, 7) is 2.15. The molecule has 1 atom stereocenters. The van der Waals surface area contributed by atoms with E-state index in [9.17, 15) is 0 Å². The van der Waals surface area contributed by atoms with Crippen molar-refractivity contribution in [1.82, 2.24) is 0 Å². The molecular formula is C7H13N. The predicted molar refractivity (Wildman–Crippen MR) is 33.4 cm³/mol. The van der Waals surface area contributed by atoms with Crippen LogP contribution in [0, 0.1) is 11.3 Å². The smallest absolute Gasteiger partial charge is 0.00673 e. The summed E-state index contributed by atoms with van der Waals surface area (Å²) in [5.41, 5.74) is 6.41. The second-order valence-electron chi connectivity index (χ2n) is 3.63. The first kappa shape index (κ1) is 4.80. The highest BCUT2D eigenvalue weighted by molar-refractivity contribution is 5.10. The van der Waals surface area contributed by atoms with Gasteiger partial charge in [-0.3, -0.25) is 0 Å². The van der Waals surface area contributed by atoms with Gasteiger partial charge in [-0.15, -0.1) is 0 Å². The molecule has 0 heterocycles. The molecule has 1 unspecified atom stereocenters. The van der Waals surface area contributed by atoms with E-state index in [-0.39, 0.29) is 0 Å². The number of hydrogen-bond acceptors (Lipinski definition) is 1. The van der Waals surface area contributed by atoms with Gasteiger partial charge in [-0.05, 0) is 37.5 Å². The van der Waals surface area contributed by atoms with Crippen LogP contribution in [0.4, 0.5) is 0 Å². The number of rotatable bonds is 1. The second kappa shape index (κ2) is 1.10. The van der Waals surface area contributed by atoms with Gasteiger partial charge in [0.15, 0.2) is 0 Å². The van der Waals surface area contributed by atoms with Crippen LogP contribution in [0.3, 0.4) is 0 Å². The molecule has 1 heteroatoms. The molecule has 3 rings (SSSR count). The van der Waals surface area contributed by atoms with Crippen molar-refractivity contribution in [1.29, 1.82) is 0 Å². The molecule has 46 valence electrons. The van der Waals surface area contributed by atoms with E-state index < -0.39 is 0 Å². The van der Waals surface area contributed by atoms with Gasteiger partial charge < -0.3 is 5.73 Å². The largest absolute Gasteiger partial charge is 0.327 e. The number of hydrogen-bond donors (Lipinski definition) is 1. The first-order chi connectivity index (χ1) is 3.73. The molecule has 0 saturated heterocycles. The first-order valence-corrected chi connectivity index (χ1v) is 3.48. The van der Waals surface area contributed by atoms with E-state index >= 15 is 0 Å². The molecule has 0 aromatic carbocycles. The molecule has 3 aliphatic rings. The first-order valence-electron chi connectivity index (χ1n) is 3.48. The lowest BCUT2D eigenvalue weighted by Gasteiger charge is -2.64. The quantitative estimate of drug-likeness (QED) is 0.539. The van der Waals surface area contributed by atoms with E-state index in [0.29, 0.717) is 11.5 Å². The molecule has 0 aromatic heterocycles. The van der Waals surface area contributed by atoms with Crippen molar-refractivity contribution < 1.29 is 0 Å². The summed E-state index contributed by atoms with van der Waals surface area (Å²) in [5.74, 6) is 1.08. The van der Waals surface area contributed by atoms with Crippen molar-refractivity contribution >= 4 is 0 Å². The summed E-state index contributed by atoms with van der Waals surface area (Å²) in [5, 5.41) is 0. The van der Waals surface area contributed by atoms with Crippen LogP contribution in [-0.4, -0.2) is 6.04 Å². The monoisotopic (exact) mass is 111 g/mol. The van der Waals surface area contributed by atoms with Crippen molar-refractivity contribution in [2.45, 2.75) is 32.2 Å². The Morgan fingerprint density at radius 2 is 2.00 bits per heavy atom. The fraction of sp³-hybridized carbons (Fsp3) is 1.00. The van der Waals surface area contributed by atoms with Crippen LogP contribution >= 0.6 is 0 Å². The second-order valence-corrected chi connectivity index (χ2v) is 3.63. The number of nitrogens with two attached hydrogens (primary N) is 1. The fourth-order valence-electron chi connectivity index (χ4n) is 2.10. The summed E-state index contributed by atoms with van der Waals surface area (Å²) < 4.78 is 0. The lowest BCUT2D eigenvalue weighted by atomic mass is 9.42.